The summed E-state index contributed by atoms with van der Waals surface area (Å²) in [6.07, 6.45) is 0.0765. The Hall–Kier alpha value is -1.60. The van der Waals surface area contributed by atoms with Crippen LogP contribution in [-0.2, 0) is 20.8 Å². The molecule has 1 unspecified atom stereocenters. The van der Waals surface area contributed by atoms with E-state index in [1.165, 1.54) is 14.2 Å². The Morgan fingerprint density at radius 1 is 1.25 bits per heavy atom. The highest BCUT2D eigenvalue weighted by molar-refractivity contribution is 9.10. The standard InChI is InChI=1S/C17H25BrN2O4/c1-17(2,3)24-16(22)19-14(11-15(21)20(4)23-5)10-12-6-8-13(18)9-7-12/h6-9,14H,10-11H2,1-5H3,(H,19,22). The van der Waals surface area contributed by atoms with E-state index in [-0.39, 0.29) is 12.3 Å². The second-order valence-corrected chi connectivity index (χ2v) is 7.37. The van der Waals surface area contributed by atoms with Crippen LogP contribution in [0.15, 0.2) is 28.7 Å². The van der Waals surface area contributed by atoms with Crippen molar-refractivity contribution in [3.8, 4) is 0 Å². The molecule has 0 fully saturated rings. The van der Waals surface area contributed by atoms with Crippen molar-refractivity contribution in [1.82, 2.24) is 10.4 Å². The van der Waals surface area contributed by atoms with Gasteiger partial charge in [-0.05, 0) is 44.9 Å². The summed E-state index contributed by atoms with van der Waals surface area (Å²) in [6.45, 7) is 5.38. The normalized spacial score (nSPS) is 12.4. The zero-order valence-electron chi connectivity index (χ0n) is 14.8. The highest BCUT2D eigenvalue weighted by Gasteiger charge is 2.23. The number of carbonyl (C=O) groups excluding carboxylic acids is 2. The molecule has 0 heterocycles. The Kier molecular flexibility index (Phi) is 7.69. The van der Waals surface area contributed by atoms with Gasteiger partial charge in [0.05, 0.1) is 7.11 Å². The predicted octanol–water partition coefficient (Wildman–Crippen LogP) is 3.29. The third-order valence-corrected chi connectivity index (χ3v) is 3.69. The summed E-state index contributed by atoms with van der Waals surface area (Å²) in [5.41, 5.74) is 0.409. The van der Waals surface area contributed by atoms with E-state index < -0.39 is 17.7 Å². The molecule has 1 rings (SSSR count). The van der Waals surface area contributed by atoms with Gasteiger partial charge in [-0.15, -0.1) is 0 Å². The fraction of sp³-hybridized carbons (Fsp3) is 0.529. The van der Waals surface area contributed by atoms with Gasteiger partial charge in [0.1, 0.15) is 5.60 Å². The van der Waals surface area contributed by atoms with Gasteiger partial charge in [-0.2, -0.15) is 0 Å². The number of hydrogen-bond donors (Lipinski definition) is 1. The molecule has 0 bridgehead atoms. The molecule has 0 spiro atoms. The van der Waals surface area contributed by atoms with Crippen molar-refractivity contribution >= 4 is 27.9 Å². The molecule has 0 saturated carbocycles. The lowest BCUT2D eigenvalue weighted by Crippen LogP contribution is -2.43. The molecule has 134 valence electrons. The summed E-state index contributed by atoms with van der Waals surface area (Å²) in [6, 6.07) is 7.33. The molecule has 0 aliphatic heterocycles. The van der Waals surface area contributed by atoms with E-state index in [2.05, 4.69) is 21.2 Å². The van der Waals surface area contributed by atoms with Crippen LogP contribution in [0.3, 0.4) is 0 Å². The average Bonchev–Trinajstić information content (AvgIpc) is 2.46. The Labute approximate surface area is 151 Å². The molecule has 1 N–H and O–H groups in total. The maximum atomic E-state index is 12.1. The van der Waals surface area contributed by atoms with Crippen molar-refractivity contribution in [2.24, 2.45) is 0 Å². The Balaban J connectivity index is 2.80. The minimum absolute atomic E-state index is 0.111. The molecular formula is C17H25BrN2O4. The number of nitrogens with zero attached hydrogens (tertiary/aromatic N) is 1. The second-order valence-electron chi connectivity index (χ2n) is 6.45. The number of ether oxygens (including phenoxy) is 1. The Bertz CT molecular complexity index is 555. The van der Waals surface area contributed by atoms with Gasteiger partial charge in [-0.3, -0.25) is 9.63 Å². The first-order valence-electron chi connectivity index (χ1n) is 7.65. The van der Waals surface area contributed by atoms with E-state index in [4.69, 9.17) is 9.57 Å². The summed E-state index contributed by atoms with van der Waals surface area (Å²) < 4.78 is 6.25. The molecule has 2 amide bonds. The number of halogens is 1. The van der Waals surface area contributed by atoms with Crippen LogP contribution in [-0.4, -0.2) is 42.9 Å². The summed E-state index contributed by atoms with van der Waals surface area (Å²) in [4.78, 5) is 29.0. The lowest BCUT2D eigenvalue weighted by atomic mass is 10.0. The fourth-order valence-electron chi connectivity index (χ4n) is 1.99. The van der Waals surface area contributed by atoms with Gasteiger partial charge in [0.15, 0.2) is 0 Å². The number of benzene rings is 1. The fourth-order valence-corrected chi connectivity index (χ4v) is 2.26. The molecule has 7 heteroatoms. The topological polar surface area (TPSA) is 67.9 Å². The van der Waals surface area contributed by atoms with E-state index in [9.17, 15) is 9.59 Å². The zero-order valence-corrected chi connectivity index (χ0v) is 16.3. The van der Waals surface area contributed by atoms with Crippen LogP contribution >= 0.6 is 15.9 Å². The zero-order chi connectivity index (χ0) is 18.3. The SMILES string of the molecule is CON(C)C(=O)CC(Cc1ccc(Br)cc1)NC(=O)OC(C)(C)C. The third kappa shape index (κ3) is 7.79. The lowest BCUT2D eigenvalue weighted by molar-refractivity contribution is -0.169. The van der Waals surface area contributed by atoms with Crippen molar-refractivity contribution in [2.75, 3.05) is 14.2 Å². The maximum Gasteiger partial charge on any atom is 0.407 e. The number of rotatable bonds is 6. The molecule has 0 aromatic heterocycles. The largest absolute Gasteiger partial charge is 0.444 e. The van der Waals surface area contributed by atoms with Gasteiger partial charge in [0.25, 0.3) is 0 Å². The van der Waals surface area contributed by atoms with E-state index in [1.54, 1.807) is 20.8 Å². The van der Waals surface area contributed by atoms with Gasteiger partial charge in [-0.1, -0.05) is 28.1 Å². The summed E-state index contributed by atoms with van der Waals surface area (Å²) in [7, 11) is 2.95. The van der Waals surface area contributed by atoms with Crippen molar-refractivity contribution in [1.29, 1.82) is 0 Å². The average molecular weight is 401 g/mol. The van der Waals surface area contributed by atoms with Crippen molar-refractivity contribution < 1.29 is 19.2 Å². The van der Waals surface area contributed by atoms with Crippen LogP contribution in [0.1, 0.15) is 32.8 Å². The maximum absolute atomic E-state index is 12.1. The van der Waals surface area contributed by atoms with E-state index in [0.29, 0.717) is 6.42 Å². The molecule has 1 atom stereocenters. The quantitative estimate of drug-likeness (QED) is 0.743. The molecule has 0 saturated heterocycles. The van der Waals surface area contributed by atoms with Crippen LogP contribution in [0, 0.1) is 0 Å². The van der Waals surface area contributed by atoms with Crippen LogP contribution < -0.4 is 5.32 Å². The van der Waals surface area contributed by atoms with Crippen molar-refractivity contribution in [3.05, 3.63) is 34.3 Å². The first-order chi connectivity index (χ1) is 11.1. The summed E-state index contributed by atoms with van der Waals surface area (Å²) in [5, 5.41) is 3.91. The van der Waals surface area contributed by atoms with Gasteiger partial charge < -0.3 is 10.1 Å². The monoisotopic (exact) mass is 400 g/mol. The van der Waals surface area contributed by atoms with Crippen molar-refractivity contribution in [3.63, 3.8) is 0 Å². The van der Waals surface area contributed by atoms with Crippen LogP contribution in [0.25, 0.3) is 0 Å². The molecule has 0 aliphatic rings. The minimum atomic E-state index is -0.598. The number of hydroxylamine groups is 2. The third-order valence-electron chi connectivity index (χ3n) is 3.16. The second kappa shape index (κ2) is 9.03. The first kappa shape index (κ1) is 20.4. The number of hydrogen-bond acceptors (Lipinski definition) is 4. The Morgan fingerprint density at radius 2 is 1.83 bits per heavy atom. The highest BCUT2D eigenvalue weighted by atomic mass is 79.9. The molecule has 0 aliphatic carbocycles. The predicted molar refractivity (Wildman–Crippen MR) is 95.4 cm³/mol. The van der Waals surface area contributed by atoms with Crippen LogP contribution in [0.4, 0.5) is 4.79 Å². The van der Waals surface area contributed by atoms with E-state index in [0.717, 1.165) is 15.1 Å². The van der Waals surface area contributed by atoms with Crippen LogP contribution in [0.5, 0.6) is 0 Å². The van der Waals surface area contributed by atoms with E-state index >= 15 is 0 Å². The molecule has 1 aromatic carbocycles. The summed E-state index contributed by atoms with van der Waals surface area (Å²) in [5.74, 6) is -0.226. The summed E-state index contributed by atoms with van der Waals surface area (Å²) >= 11 is 3.39. The molecular weight excluding hydrogens is 376 g/mol. The number of carbonyl (C=O) groups is 2. The minimum Gasteiger partial charge on any atom is -0.444 e. The number of alkyl carbamates (subject to hydrolysis) is 1. The van der Waals surface area contributed by atoms with E-state index in [1.807, 2.05) is 24.3 Å². The van der Waals surface area contributed by atoms with Gasteiger partial charge >= 0.3 is 6.09 Å². The van der Waals surface area contributed by atoms with Gasteiger partial charge in [0, 0.05) is 24.0 Å². The Morgan fingerprint density at radius 3 is 2.33 bits per heavy atom. The highest BCUT2D eigenvalue weighted by Crippen LogP contribution is 2.14. The number of amides is 2. The van der Waals surface area contributed by atoms with Crippen molar-refractivity contribution in [2.45, 2.75) is 45.3 Å². The molecule has 24 heavy (non-hydrogen) atoms. The van der Waals surface area contributed by atoms with Gasteiger partial charge in [-0.25, -0.2) is 9.86 Å². The van der Waals surface area contributed by atoms with Crippen LogP contribution in [0.2, 0.25) is 0 Å². The molecule has 0 radical (unpaired) electrons. The van der Waals surface area contributed by atoms with Gasteiger partial charge in [0.2, 0.25) is 5.91 Å². The smallest absolute Gasteiger partial charge is 0.407 e. The lowest BCUT2D eigenvalue weighted by Gasteiger charge is -2.24. The first-order valence-corrected chi connectivity index (χ1v) is 8.44. The molecule has 6 nitrogen and oxygen atoms in total. The number of nitrogens with one attached hydrogen (secondary N) is 1. The molecule has 1 aromatic rings.